The van der Waals surface area contributed by atoms with Crippen LogP contribution in [-0.2, 0) is 11.3 Å². The molecule has 0 aliphatic carbocycles. The zero-order chi connectivity index (χ0) is 14.5. The van der Waals surface area contributed by atoms with Crippen LogP contribution in [0.3, 0.4) is 0 Å². The van der Waals surface area contributed by atoms with Gasteiger partial charge in [0.25, 0.3) is 0 Å². The third kappa shape index (κ3) is 3.62. The molecule has 0 amide bonds. The molecule has 1 saturated heterocycles. The van der Waals surface area contributed by atoms with Crippen LogP contribution >= 0.6 is 11.6 Å². The number of halogens is 1. The molecule has 20 heavy (non-hydrogen) atoms. The molecule has 1 fully saturated rings. The molecule has 3 N–H and O–H groups in total. The van der Waals surface area contributed by atoms with E-state index in [-0.39, 0.29) is 0 Å². The summed E-state index contributed by atoms with van der Waals surface area (Å²) < 4.78 is 5.00. The smallest absolute Gasteiger partial charge is 0.0990 e. The number of aliphatic hydroxyl groups excluding tert-OH is 2. The van der Waals surface area contributed by atoms with Gasteiger partial charge in [0.05, 0.1) is 29.5 Å². The molecule has 112 valence electrons. The van der Waals surface area contributed by atoms with E-state index in [1.165, 1.54) is 0 Å². The van der Waals surface area contributed by atoms with E-state index < -0.39 is 12.2 Å². The van der Waals surface area contributed by atoms with E-state index in [2.05, 4.69) is 5.32 Å². The molecule has 1 aliphatic rings. The number of nitrogens with zero attached hydrogens (tertiary/aromatic N) is 1. The molecule has 1 aromatic rings. The van der Waals surface area contributed by atoms with Crippen molar-refractivity contribution >= 4 is 17.3 Å². The molecule has 1 aromatic carbocycles. The van der Waals surface area contributed by atoms with Gasteiger partial charge >= 0.3 is 0 Å². The number of β-amino-alcohol motifs (C(OH)–C–C–N with tert-alkyl or cyclic N) is 2. The van der Waals surface area contributed by atoms with E-state index in [1.807, 2.05) is 23.1 Å². The first-order valence-corrected chi connectivity index (χ1v) is 7.09. The Hall–Kier alpha value is -0.850. The van der Waals surface area contributed by atoms with Crippen LogP contribution in [0.2, 0.25) is 5.02 Å². The lowest BCUT2D eigenvalue weighted by molar-refractivity contribution is 0.0572. The number of benzene rings is 1. The van der Waals surface area contributed by atoms with Gasteiger partial charge in [-0.25, -0.2) is 0 Å². The molecule has 1 heterocycles. The fourth-order valence-electron chi connectivity index (χ4n) is 2.41. The zero-order valence-corrected chi connectivity index (χ0v) is 12.3. The van der Waals surface area contributed by atoms with Crippen LogP contribution in [0.1, 0.15) is 5.56 Å². The summed E-state index contributed by atoms with van der Waals surface area (Å²) in [6.45, 7) is 2.87. The van der Waals surface area contributed by atoms with Crippen molar-refractivity contribution in [2.75, 3.05) is 38.3 Å². The molecular weight excluding hydrogens is 280 g/mol. The first-order valence-electron chi connectivity index (χ1n) is 6.71. The Kier molecular flexibility index (Phi) is 5.63. The van der Waals surface area contributed by atoms with Crippen LogP contribution in [0.15, 0.2) is 18.2 Å². The first-order chi connectivity index (χ1) is 9.63. The molecule has 0 spiro atoms. The molecule has 0 radical (unpaired) electrons. The molecule has 2 atom stereocenters. The lowest BCUT2D eigenvalue weighted by Gasteiger charge is -2.23. The van der Waals surface area contributed by atoms with E-state index >= 15 is 0 Å². The van der Waals surface area contributed by atoms with Gasteiger partial charge in [0.1, 0.15) is 0 Å². The van der Waals surface area contributed by atoms with Crippen LogP contribution in [0, 0.1) is 0 Å². The number of para-hydroxylation sites is 1. The second kappa shape index (κ2) is 7.24. The van der Waals surface area contributed by atoms with Crippen molar-refractivity contribution < 1.29 is 14.9 Å². The first kappa shape index (κ1) is 15.5. The van der Waals surface area contributed by atoms with Crippen LogP contribution in [0.4, 0.5) is 5.69 Å². The fourth-order valence-corrected chi connectivity index (χ4v) is 2.72. The molecule has 2 rings (SSSR count). The predicted molar refractivity (Wildman–Crippen MR) is 79.3 cm³/mol. The van der Waals surface area contributed by atoms with Gasteiger partial charge in [-0.2, -0.15) is 0 Å². The highest BCUT2D eigenvalue weighted by atomic mass is 35.5. The number of rotatable bonds is 6. The van der Waals surface area contributed by atoms with Crippen molar-refractivity contribution in [3.8, 4) is 0 Å². The molecule has 0 bridgehead atoms. The fraction of sp³-hybridized carbons (Fsp3) is 0.571. The number of nitrogens with one attached hydrogen (secondary N) is 1. The number of hydrogen-bond acceptors (Lipinski definition) is 5. The van der Waals surface area contributed by atoms with Gasteiger partial charge in [0.15, 0.2) is 0 Å². The van der Waals surface area contributed by atoms with Crippen LogP contribution in [0.5, 0.6) is 0 Å². The van der Waals surface area contributed by atoms with Gasteiger partial charge in [0, 0.05) is 33.3 Å². The van der Waals surface area contributed by atoms with Crippen molar-refractivity contribution in [2.45, 2.75) is 18.8 Å². The Morgan fingerprint density at radius 3 is 2.70 bits per heavy atom. The Morgan fingerprint density at radius 2 is 2.05 bits per heavy atom. The van der Waals surface area contributed by atoms with Gasteiger partial charge in [-0.05, 0) is 11.6 Å². The Balaban J connectivity index is 2.10. The Bertz CT molecular complexity index is 434. The predicted octanol–water partition coefficient (Wildman–Crippen LogP) is 0.618. The number of methoxy groups -OCH3 is 1. The maximum Gasteiger partial charge on any atom is 0.0990 e. The van der Waals surface area contributed by atoms with Gasteiger partial charge in [-0.1, -0.05) is 23.7 Å². The van der Waals surface area contributed by atoms with Gasteiger partial charge in [0.2, 0.25) is 0 Å². The highest BCUT2D eigenvalue weighted by Crippen LogP contribution is 2.32. The summed E-state index contributed by atoms with van der Waals surface area (Å²) in [5.74, 6) is 0. The maximum atomic E-state index is 9.69. The molecule has 0 aromatic heterocycles. The lowest BCUT2D eigenvalue weighted by Crippen LogP contribution is -2.25. The van der Waals surface area contributed by atoms with Gasteiger partial charge in [-0.3, -0.25) is 0 Å². The van der Waals surface area contributed by atoms with E-state index in [1.54, 1.807) is 7.11 Å². The molecule has 1 aliphatic heterocycles. The van der Waals surface area contributed by atoms with Gasteiger partial charge in [-0.15, -0.1) is 0 Å². The summed E-state index contributed by atoms with van der Waals surface area (Å²) in [5.41, 5.74) is 1.93. The van der Waals surface area contributed by atoms with E-state index in [9.17, 15) is 10.2 Å². The minimum atomic E-state index is -0.722. The van der Waals surface area contributed by atoms with Crippen molar-refractivity contribution in [2.24, 2.45) is 0 Å². The number of ether oxygens (including phenoxy) is 1. The molecular formula is C14H21ClN2O3. The lowest BCUT2D eigenvalue weighted by atomic mass is 10.1. The van der Waals surface area contributed by atoms with E-state index in [0.29, 0.717) is 31.3 Å². The normalized spacial score (nSPS) is 22.5. The second-order valence-corrected chi connectivity index (χ2v) is 5.36. The second-order valence-electron chi connectivity index (χ2n) is 4.96. The average molecular weight is 301 g/mol. The molecule has 0 saturated carbocycles. The van der Waals surface area contributed by atoms with Crippen molar-refractivity contribution in [3.05, 3.63) is 28.8 Å². The third-order valence-electron chi connectivity index (χ3n) is 3.44. The van der Waals surface area contributed by atoms with E-state index in [4.69, 9.17) is 16.3 Å². The number of anilines is 1. The average Bonchev–Trinajstić information content (AvgIpc) is 2.74. The Labute approximate surface area is 124 Å². The van der Waals surface area contributed by atoms with Crippen molar-refractivity contribution in [1.82, 2.24) is 5.32 Å². The summed E-state index contributed by atoms with van der Waals surface area (Å²) in [5, 5.41) is 23.3. The molecule has 6 heteroatoms. The number of hydrogen-bond donors (Lipinski definition) is 3. The summed E-state index contributed by atoms with van der Waals surface area (Å²) >= 11 is 6.29. The highest BCUT2D eigenvalue weighted by molar-refractivity contribution is 6.33. The van der Waals surface area contributed by atoms with Crippen LogP contribution in [-0.4, -0.2) is 55.8 Å². The minimum Gasteiger partial charge on any atom is -0.389 e. The third-order valence-corrected chi connectivity index (χ3v) is 3.75. The molecule has 2 unspecified atom stereocenters. The standard InChI is InChI=1S/C14H21ClN2O3/c1-20-6-5-16-7-10-3-2-4-11(15)14(10)17-8-12(18)13(19)9-17/h2-4,12-13,16,18-19H,5-9H2,1H3. The highest BCUT2D eigenvalue weighted by Gasteiger charge is 2.31. The number of aliphatic hydroxyl groups is 2. The SMILES string of the molecule is COCCNCc1cccc(Cl)c1N1CC(O)C(O)C1. The summed E-state index contributed by atoms with van der Waals surface area (Å²) in [4.78, 5) is 1.94. The maximum absolute atomic E-state index is 9.69. The monoisotopic (exact) mass is 300 g/mol. The minimum absolute atomic E-state index is 0.399. The Morgan fingerprint density at radius 1 is 1.35 bits per heavy atom. The zero-order valence-electron chi connectivity index (χ0n) is 11.6. The van der Waals surface area contributed by atoms with Crippen molar-refractivity contribution in [3.63, 3.8) is 0 Å². The summed E-state index contributed by atoms with van der Waals surface area (Å²) in [6, 6.07) is 5.73. The molecule has 5 nitrogen and oxygen atoms in total. The van der Waals surface area contributed by atoms with Crippen molar-refractivity contribution in [1.29, 1.82) is 0 Å². The van der Waals surface area contributed by atoms with Crippen LogP contribution < -0.4 is 10.2 Å². The summed E-state index contributed by atoms with van der Waals surface area (Å²) in [6.07, 6.45) is -1.44. The topological polar surface area (TPSA) is 65.0 Å². The quantitative estimate of drug-likeness (QED) is 0.672. The van der Waals surface area contributed by atoms with Crippen LogP contribution in [0.25, 0.3) is 0 Å². The largest absolute Gasteiger partial charge is 0.389 e. The van der Waals surface area contributed by atoms with Gasteiger partial charge < -0.3 is 25.2 Å². The summed E-state index contributed by atoms with van der Waals surface area (Å²) in [7, 11) is 1.67. The van der Waals surface area contributed by atoms with E-state index in [0.717, 1.165) is 17.8 Å².